The van der Waals surface area contributed by atoms with Gasteiger partial charge in [0.1, 0.15) is 0 Å². The molecule has 6 fully saturated rings. The summed E-state index contributed by atoms with van der Waals surface area (Å²) in [6.45, 7) is 3.21. The molecule has 4 saturated carbocycles. The summed E-state index contributed by atoms with van der Waals surface area (Å²) in [6.07, 6.45) is 14.3. The zero-order valence-corrected chi connectivity index (χ0v) is 25.5. The molecule has 8 rings (SSSR count). The molecule has 7 nitrogen and oxygen atoms in total. The van der Waals surface area contributed by atoms with E-state index in [4.69, 9.17) is 9.47 Å². The molecule has 3 unspecified atom stereocenters. The molecule has 2 saturated heterocycles. The molecule has 0 aromatic heterocycles. The smallest absolute Gasteiger partial charge is 0.319 e. The number of rotatable bonds is 7. The highest BCUT2D eigenvalue weighted by atomic mass is 16.7. The summed E-state index contributed by atoms with van der Waals surface area (Å²) >= 11 is 0. The molecule has 3 atom stereocenters. The fourth-order valence-electron chi connectivity index (χ4n) is 9.21. The number of urea groups is 1. The Balaban J connectivity index is 1.02. The van der Waals surface area contributed by atoms with Gasteiger partial charge in [-0.3, -0.25) is 0 Å². The number of amides is 2. The highest BCUT2D eigenvalue weighted by Gasteiger charge is 2.51. The summed E-state index contributed by atoms with van der Waals surface area (Å²) in [6, 6.07) is 16.0. The Hall–Kier alpha value is -2.45. The van der Waals surface area contributed by atoms with E-state index in [2.05, 4.69) is 27.7 Å². The van der Waals surface area contributed by atoms with Crippen LogP contribution in [0.2, 0.25) is 0 Å². The Kier molecular flexibility index (Phi) is 8.77. The molecule has 3 N–H and O–H groups in total. The molecule has 2 heterocycles. The molecule has 232 valence electrons. The number of aliphatic hydroxyl groups excluding tert-OH is 1. The van der Waals surface area contributed by atoms with E-state index < -0.39 is 6.29 Å². The lowest BCUT2D eigenvalue weighted by Crippen LogP contribution is -2.60. The molecule has 4 bridgehead atoms. The second-order valence-electron chi connectivity index (χ2n) is 14.3. The van der Waals surface area contributed by atoms with Crippen molar-refractivity contribution in [3.63, 3.8) is 0 Å². The lowest BCUT2D eigenvalue weighted by molar-refractivity contribution is -0.253. The maximum atomic E-state index is 13.1. The van der Waals surface area contributed by atoms with Gasteiger partial charge in [-0.15, -0.1) is 0 Å². The maximum Gasteiger partial charge on any atom is 0.319 e. The Labute approximate surface area is 256 Å². The molecule has 6 aliphatic rings. The van der Waals surface area contributed by atoms with Crippen molar-refractivity contribution in [3.8, 4) is 0 Å². The number of anilines is 1. The van der Waals surface area contributed by atoms with Crippen LogP contribution in [0.5, 0.6) is 0 Å². The van der Waals surface area contributed by atoms with Crippen LogP contribution in [0.3, 0.4) is 0 Å². The second-order valence-corrected chi connectivity index (χ2v) is 14.3. The van der Waals surface area contributed by atoms with Gasteiger partial charge >= 0.3 is 6.03 Å². The van der Waals surface area contributed by atoms with Gasteiger partial charge in [-0.1, -0.05) is 55.7 Å². The van der Waals surface area contributed by atoms with Gasteiger partial charge in [0.2, 0.25) is 0 Å². The predicted molar refractivity (Wildman–Crippen MR) is 167 cm³/mol. The number of aliphatic hydroxyl groups is 1. The summed E-state index contributed by atoms with van der Waals surface area (Å²) < 4.78 is 13.2. The lowest BCUT2D eigenvalue weighted by Gasteiger charge is -2.56. The number of carbonyl (C=O) groups is 1. The first-order valence-electron chi connectivity index (χ1n) is 16.9. The quantitative estimate of drug-likeness (QED) is 0.322. The normalized spacial score (nSPS) is 34.3. The standard InChI is InChI=1S/C36H49N3O4/c40-24-25-6-8-29(9-7-25)33-19-32(23-39-14-4-2-1-3-5-15-39)42-34(43-33)30-10-12-31(13-11-30)37-35(41)38-36-20-26-16-27(21-36)18-28(17-26)22-36/h6-13,26-28,32-34,40H,1-5,14-24H2,(H2,37,38,41). The molecule has 7 heteroatoms. The molecule has 0 radical (unpaired) electrons. The van der Waals surface area contributed by atoms with Crippen molar-refractivity contribution >= 4 is 11.7 Å². The number of benzene rings is 2. The molecular formula is C36H49N3O4. The molecule has 2 aromatic rings. The van der Waals surface area contributed by atoms with E-state index in [0.717, 1.165) is 85.4 Å². The van der Waals surface area contributed by atoms with E-state index >= 15 is 0 Å². The van der Waals surface area contributed by atoms with Crippen LogP contribution in [0.15, 0.2) is 48.5 Å². The SMILES string of the molecule is O=C(Nc1ccc(C2OC(CN3CCCCCCC3)CC(c3ccc(CO)cc3)O2)cc1)NC12CC3CC(CC(C3)C1)C2. The number of nitrogens with one attached hydrogen (secondary N) is 2. The summed E-state index contributed by atoms with van der Waals surface area (Å²) in [7, 11) is 0. The van der Waals surface area contributed by atoms with Gasteiger partial charge in [-0.2, -0.15) is 0 Å². The third-order valence-electron chi connectivity index (χ3n) is 10.9. The molecular weight excluding hydrogens is 538 g/mol. The van der Waals surface area contributed by atoms with Crippen molar-refractivity contribution in [1.29, 1.82) is 0 Å². The predicted octanol–water partition coefficient (Wildman–Crippen LogP) is 7.08. The van der Waals surface area contributed by atoms with Crippen LogP contribution in [-0.2, 0) is 16.1 Å². The topological polar surface area (TPSA) is 83.1 Å². The highest BCUT2D eigenvalue weighted by Crippen LogP contribution is 2.55. The van der Waals surface area contributed by atoms with Crippen molar-refractivity contribution in [3.05, 3.63) is 65.2 Å². The average Bonchev–Trinajstić information content (AvgIpc) is 2.98. The van der Waals surface area contributed by atoms with Crippen LogP contribution in [0.4, 0.5) is 10.5 Å². The van der Waals surface area contributed by atoms with Crippen LogP contribution >= 0.6 is 0 Å². The average molecular weight is 588 g/mol. The zero-order chi connectivity index (χ0) is 29.2. The summed E-state index contributed by atoms with van der Waals surface area (Å²) in [5.74, 6) is 2.39. The number of hydrogen-bond donors (Lipinski definition) is 3. The fourth-order valence-corrected chi connectivity index (χ4v) is 9.21. The first kappa shape index (κ1) is 29.3. The number of hydrogen-bond acceptors (Lipinski definition) is 5. The van der Waals surface area contributed by atoms with Crippen molar-refractivity contribution in [2.75, 3.05) is 25.0 Å². The molecule has 2 amide bonds. The molecule has 0 spiro atoms. The second kappa shape index (κ2) is 12.9. The molecule has 4 aliphatic carbocycles. The lowest BCUT2D eigenvalue weighted by atomic mass is 9.53. The van der Waals surface area contributed by atoms with Crippen molar-refractivity contribution in [2.24, 2.45) is 17.8 Å². The van der Waals surface area contributed by atoms with Crippen LogP contribution in [0, 0.1) is 17.8 Å². The molecule has 43 heavy (non-hydrogen) atoms. The largest absolute Gasteiger partial charge is 0.392 e. The summed E-state index contributed by atoms with van der Waals surface area (Å²) in [5.41, 5.74) is 3.76. The maximum absolute atomic E-state index is 13.1. The van der Waals surface area contributed by atoms with Crippen LogP contribution in [0.1, 0.15) is 106 Å². The van der Waals surface area contributed by atoms with Crippen molar-refractivity contribution in [1.82, 2.24) is 10.2 Å². The van der Waals surface area contributed by atoms with Gasteiger partial charge in [0.15, 0.2) is 6.29 Å². The van der Waals surface area contributed by atoms with E-state index in [-0.39, 0.29) is 30.4 Å². The zero-order valence-electron chi connectivity index (χ0n) is 25.5. The Morgan fingerprint density at radius 3 is 2.02 bits per heavy atom. The molecule has 2 aromatic carbocycles. The van der Waals surface area contributed by atoms with E-state index in [1.165, 1.54) is 51.4 Å². The Morgan fingerprint density at radius 2 is 1.40 bits per heavy atom. The van der Waals surface area contributed by atoms with Gasteiger partial charge in [0.05, 0.1) is 18.8 Å². The van der Waals surface area contributed by atoms with E-state index in [9.17, 15) is 9.90 Å². The van der Waals surface area contributed by atoms with Crippen molar-refractivity contribution in [2.45, 2.75) is 108 Å². The van der Waals surface area contributed by atoms with E-state index in [1.807, 2.05) is 36.4 Å². The molecule has 2 aliphatic heterocycles. The van der Waals surface area contributed by atoms with E-state index in [0.29, 0.717) is 0 Å². The van der Waals surface area contributed by atoms with Gasteiger partial charge in [-0.05, 0) is 105 Å². The Morgan fingerprint density at radius 1 is 0.791 bits per heavy atom. The number of ether oxygens (including phenoxy) is 2. The van der Waals surface area contributed by atoms with Crippen LogP contribution in [-0.4, -0.2) is 47.3 Å². The summed E-state index contributed by atoms with van der Waals surface area (Å²) in [4.78, 5) is 15.7. The minimum Gasteiger partial charge on any atom is -0.392 e. The first-order valence-corrected chi connectivity index (χ1v) is 16.9. The van der Waals surface area contributed by atoms with Gasteiger partial charge in [-0.25, -0.2) is 4.79 Å². The van der Waals surface area contributed by atoms with Gasteiger partial charge < -0.3 is 30.1 Å². The van der Waals surface area contributed by atoms with Crippen LogP contribution in [0.25, 0.3) is 0 Å². The third kappa shape index (κ3) is 6.95. The van der Waals surface area contributed by atoms with Crippen LogP contribution < -0.4 is 10.6 Å². The summed E-state index contributed by atoms with van der Waals surface area (Å²) in [5, 5.41) is 16.0. The minimum absolute atomic E-state index is 0.00550. The number of nitrogens with zero attached hydrogens (tertiary/aromatic N) is 1. The Bertz CT molecular complexity index is 1190. The highest BCUT2D eigenvalue weighted by molar-refractivity contribution is 5.89. The van der Waals surface area contributed by atoms with Gasteiger partial charge in [0, 0.05) is 29.8 Å². The number of carbonyl (C=O) groups excluding carboxylic acids is 1. The third-order valence-corrected chi connectivity index (χ3v) is 10.9. The van der Waals surface area contributed by atoms with Gasteiger partial charge in [0.25, 0.3) is 0 Å². The van der Waals surface area contributed by atoms with Crippen molar-refractivity contribution < 1.29 is 19.4 Å². The van der Waals surface area contributed by atoms with E-state index in [1.54, 1.807) is 0 Å². The first-order chi connectivity index (χ1) is 21.0. The fraction of sp³-hybridized carbons (Fsp3) is 0.639. The monoisotopic (exact) mass is 587 g/mol. The minimum atomic E-state index is -0.481. The number of likely N-dealkylation sites (tertiary alicyclic amines) is 1.